The van der Waals surface area contributed by atoms with Crippen LogP contribution in [0.15, 0.2) is 22.4 Å². The number of azo groups is 1. The molecule has 0 radical (unpaired) electrons. The van der Waals surface area contributed by atoms with Crippen LogP contribution in [0.25, 0.3) is 0 Å². The molecular weight excluding hydrogens is 334 g/mol. The summed E-state index contributed by atoms with van der Waals surface area (Å²) in [6.45, 7) is 0.963. The number of nitrogens with zero attached hydrogens (tertiary/aromatic N) is 3. The summed E-state index contributed by atoms with van der Waals surface area (Å²) in [4.78, 5) is 10.8. The maximum absolute atomic E-state index is 12.5. The van der Waals surface area contributed by atoms with Crippen molar-refractivity contribution in [2.24, 2.45) is 10.2 Å². The molecule has 1 aromatic carbocycles. The molecule has 0 heterocycles. The van der Waals surface area contributed by atoms with Crippen LogP contribution in [-0.4, -0.2) is 16.6 Å². The molecule has 0 fully saturated rings. The summed E-state index contributed by atoms with van der Waals surface area (Å²) in [7, 11) is 0. The maximum Gasteiger partial charge on any atom is 0.416 e. The van der Waals surface area contributed by atoms with Gasteiger partial charge in [-0.25, -0.2) is 4.79 Å². The van der Waals surface area contributed by atoms with E-state index in [0.717, 1.165) is 6.92 Å². The first kappa shape index (κ1) is 17.2. The van der Waals surface area contributed by atoms with E-state index in [1.807, 2.05) is 0 Å². The molecule has 5 nitrogen and oxygen atoms in total. The predicted molar refractivity (Wildman–Crippen MR) is 67.6 cm³/mol. The minimum atomic E-state index is -4.65. The van der Waals surface area contributed by atoms with Crippen LogP contribution in [0.1, 0.15) is 12.5 Å². The standard InChI is InChI=1S/C11H6Cl2F3N3O2/c1-10(4-17,9(20)21)19-18-8-6(12)2-5(3-7(8)13)11(14,15)16/h2-3H,1H3,(H,20,21). The van der Waals surface area contributed by atoms with Gasteiger partial charge in [0.15, 0.2) is 0 Å². The Morgan fingerprint density at radius 3 is 2.14 bits per heavy atom. The molecule has 1 aromatic rings. The van der Waals surface area contributed by atoms with Crippen LogP contribution < -0.4 is 0 Å². The van der Waals surface area contributed by atoms with Crippen molar-refractivity contribution >= 4 is 34.9 Å². The molecule has 1 rings (SSSR count). The number of nitriles is 1. The van der Waals surface area contributed by atoms with Crippen molar-refractivity contribution in [2.45, 2.75) is 18.6 Å². The van der Waals surface area contributed by atoms with Crippen molar-refractivity contribution in [3.63, 3.8) is 0 Å². The molecule has 1 unspecified atom stereocenters. The average Bonchev–Trinajstić information content (AvgIpc) is 2.35. The molecule has 0 aliphatic carbocycles. The van der Waals surface area contributed by atoms with Crippen molar-refractivity contribution in [1.82, 2.24) is 0 Å². The van der Waals surface area contributed by atoms with Crippen molar-refractivity contribution in [3.8, 4) is 6.07 Å². The predicted octanol–water partition coefficient (Wildman–Crippen LogP) is 4.46. The topological polar surface area (TPSA) is 85.8 Å². The quantitative estimate of drug-likeness (QED) is 0.824. The number of carbonyl (C=O) groups is 1. The minimum absolute atomic E-state index is 0.353. The summed E-state index contributed by atoms with van der Waals surface area (Å²) in [5.74, 6) is -1.58. The Kier molecular flexibility index (Phi) is 4.81. The summed E-state index contributed by atoms with van der Waals surface area (Å²) >= 11 is 11.2. The van der Waals surface area contributed by atoms with E-state index in [-0.39, 0.29) is 5.69 Å². The van der Waals surface area contributed by atoms with Crippen LogP contribution >= 0.6 is 23.2 Å². The molecule has 1 N–H and O–H groups in total. The van der Waals surface area contributed by atoms with Gasteiger partial charge in [0.2, 0.25) is 0 Å². The lowest BCUT2D eigenvalue weighted by atomic mass is 10.1. The van der Waals surface area contributed by atoms with Gasteiger partial charge in [-0.15, -0.1) is 0 Å². The Hall–Kier alpha value is -1.85. The Bertz CT molecular complexity index is 632. The fraction of sp³-hybridized carbons (Fsp3) is 0.273. The van der Waals surface area contributed by atoms with Gasteiger partial charge >= 0.3 is 12.1 Å². The first-order chi connectivity index (χ1) is 9.51. The van der Waals surface area contributed by atoms with E-state index in [2.05, 4.69) is 10.2 Å². The summed E-state index contributed by atoms with van der Waals surface area (Å²) in [6.07, 6.45) is -4.65. The van der Waals surface area contributed by atoms with Gasteiger partial charge in [-0.2, -0.15) is 28.7 Å². The lowest BCUT2D eigenvalue weighted by Gasteiger charge is -2.11. The lowest BCUT2D eigenvalue weighted by molar-refractivity contribution is -0.140. The van der Waals surface area contributed by atoms with Crippen LogP contribution in [0.3, 0.4) is 0 Å². The number of hydrogen-bond donors (Lipinski definition) is 1. The van der Waals surface area contributed by atoms with Gasteiger partial charge < -0.3 is 5.11 Å². The highest BCUT2D eigenvalue weighted by Crippen LogP contribution is 2.40. The molecule has 0 aliphatic rings. The van der Waals surface area contributed by atoms with E-state index in [0.29, 0.717) is 12.1 Å². The molecule has 0 spiro atoms. The zero-order valence-electron chi connectivity index (χ0n) is 10.2. The average molecular weight is 340 g/mol. The van der Waals surface area contributed by atoms with E-state index in [4.69, 9.17) is 33.6 Å². The third kappa shape index (κ3) is 3.83. The van der Waals surface area contributed by atoms with Gasteiger partial charge in [-0.3, -0.25) is 0 Å². The van der Waals surface area contributed by atoms with Crippen LogP contribution in [0, 0.1) is 11.3 Å². The number of rotatable bonds is 3. The van der Waals surface area contributed by atoms with Crippen LogP contribution in [0.2, 0.25) is 10.0 Å². The smallest absolute Gasteiger partial charge is 0.416 e. The van der Waals surface area contributed by atoms with Crippen molar-refractivity contribution in [2.75, 3.05) is 0 Å². The highest BCUT2D eigenvalue weighted by molar-refractivity contribution is 6.38. The number of halogens is 5. The van der Waals surface area contributed by atoms with Crippen molar-refractivity contribution in [1.29, 1.82) is 5.26 Å². The van der Waals surface area contributed by atoms with E-state index < -0.39 is 33.3 Å². The van der Waals surface area contributed by atoms with Gasteiger partial charge in [0.25, 0.3) is 5.54 Å². The third-order valence-corrected chi connectivity index (χ3v) is 2.90. The van der Waals surface area contributed by atoms with Gasteiger partial charge in [-0.05, 0) is 19.1 Å². The summed E-state index contributed by atoms with van der Waals surface area (Å²) in [6, 6.07) is 2.55. The number of carboxylic acids is 1. The fourth-order valence-electron chi connectivity index (χ4n) is 1.09. The Labute approximate surface area is 126 Å². The SMILES string of the molecule is CC(C#N)(N=Nc1c(Cl)cc(C(F)(F)F)cc1Cl)C(=O)O. The normalized spacial score (nSPS) is 14.7. The second-order valence-electron chi connectivity index (χ2n) is 3.98. The number of carboxylic acid groups (broad SMARTS) is 1. The van der Waals surface area contributed by atoms with Gasteiger partial charge in [0.1, 0.15) is 11.8 Å². The molecule has 0 saturated heterocycles. The highest BCUT2D eigenvalue weighted by Gasteiger charge is 2.34. The van der Waals surface area contributed by atoms with Crippen LogP contribution in [0.5, 0.6) is 0 Å². The molecule has 1 atom stereocenters. The minimum Gasteiger partial charge on any atom is -0.479 e. The Morgan fingerprint density at radius 1 is 1.33 bits per heavy atom. The zero-order chi connectivity index (χ0) is 16.4. The van der Waals surface area contributed by atoms with Crippen LogP contribution in [0.4, 0.5) is 18.9 Å². The van der Waals surface area contributed by atoms with E-state index in [1.54, 1.807) is 0 Å². The van der Waals surface area contributed by atoms with Gasteiger partial charge in [0, 0.05) is 0 Å². The molecular formula is C11H6Cl2F3N3O2. The zero-order valence-corrected chi connectivity index (χ0v) is 11.8. The maximum atomic E-state index is 12.5. The molecule has 112 valence electrons. The molecule has 0 aliphatic heterocycles. The fourth-order valence-corrected chi connectivity index (χ4v) is 1.65. The molecule has 10 heteroatoms. The summed E-state index contributed by atoms with van der Waals surface area (Å²) in [5, 5.41) is 23.3. The Balaban J connectivity index is 3.29. The van der Waals surface area contributed by atoms with Gasteiger partial charge in [-0.1, -0.05) is 23.2 Å². The van der Waals surface area contributed by atoms with Crippen molar-refractivity contribution < 1.29 is 23.1 Å². The summed E-state index contributed by atoms with van der Waals surface area (Å²) < 4.78 is 37.6. The number of hydrogen-bond acceptors (Lipinski definition) is 4. The number of alkyl halides is 3. The van der Waals surface area contributed by atoms with Crippen molar-refractivity contribution in [3.05, 3.63) is 27.7 Å². The molecule has 0 bridgehead atoms. The largest absolute Gasteiger partial charge is 0.479 e. The highest BCUT2D eigenvalue weighted by atomic mass is 35.5. The second kappa shape index (κ2) is 5.87. The summed E-state index contributed by atoms with van der Waals surface area (Å²) in [5.41, 5.74) is -3.64. The van der Waals surface area contributed by atoms with E-state index in [1.165, 1.54) is 6.07 Å². The molecule has 0 aromatic heterocycles. The van der Waals surface area contributed by atoms with E-state index >= 15 is 0 Å². The monoisotopic (exact) mass is 339 g/mol. The first-order valence-electron chi connectivity index (χ1n) is 5.15. The number of aliphatic carboxylic acids is 1. The first-order valence-corrected chi connectivity index (χ1v) is 5.90. The van der Waals surface area contributed by atoms with Gasteiger partial charge in [0.05, 0.1) is 15.6 Å². The van der Waals surface area contributed by atoms with Crippen LogP contribution in [-0.2, 0) is 11.0 Å². The lowest BCUT2D eigenvalue weighted by Crippen LogP contribution is -2.30. The Morgan fingerprint density at radius 2 is 1.81 bits per heavy atom. The van der Waals surface area contributed by atoms with E-state index in [9.17, 15) is 18.0 Å². The number of benzene rings is 1. The second-order valence-corrected chi connectivity index (χ2v) is 4.79. The molecule has 0 saturated carbocycles. The third-order valence-electron chi connectivity index (χ3n) is 2.33. The molecule has 21 heavy (non-hydrogen) atoms. The molecule has 0 amide bonds.